The number of nitrogens with one attached hydrogen (secondary N) is 1. The van der Waals surface area contributed by atoms with Gasteiger partial charge in [0.1, 0.15) is 22.9 Å². The van der Waals surface area contributed by atoms with Gasteiger partial charge in [-0.15, -0.1) is 0 Å². The number of nitrogens with zero attached hydrogens (tertiary/aromatic N) is 7. The molecule has 1 aliphatic heterocycles. The lowest BCUT2D eigenvalue weighted by molar-refractivity contribution is 0.0458. The van der Waals surface area contributed by atoms with Crippen LogP contribution in [0.15, 0.2) is 36.7 Å². The van der Waals surface area contributed by atoms with E-state index in [0.29, 0.717) is 48.9 Å². The molecule has 13 heteroatoms. The molecule has 1 fully saturated rings. The molecule has 0 radical (unpaired) electrons. The molecule has 1 aliphatic rings. The van der Waals surface area contributed by atoms with Crippen molar-refractivity contribution >= 4 is 28.7 Å². The van der Waals surface area contributed by atoms with Gasteiger partial charge in [-0.3, -0.25) is 9.69 Å². The molecule has 4 aromatic rings. The maximum atomic E-state index is 14.9. The van der Waals surface area contributed by atoms with Crippen molar-refractivity contribution in [3.8, 4) is 11.3 Å². The smallest absolute Gasteiger partial charge is 0.255 e. The molecule has 0 bridgehead atoms. The van der Waals surface area contributed by atoms with Crippen LogP contribution >= 0.6 is 0 Å². The molecule has 210 valence electrons. The van der Waals surface area contributed by atoms with Crippen LogP contribution in [0.25, 0.3) is 22.3 Å². The summed E-state index contributed by atoms with van der Waals surface area (Å²) < 4.78 is 56.8. The number of alkyl halides is 2. The SMILES string of the molecule is Cc1nc2c(F)cc(-c3nc(Nc4ccc(C(=O)N5CCN(CC(F)F)CC5)cn4)ncc3F)cc2n1C(C)C. The van der Waals surface area contributed by atoms with E-state index < -0.39 is 18.1 Å². The number of fused-ring (bicyclic) bond motifs is 1. The number of benzene rings is 1. The van der Waals surface area contributed by atoms with Gasteiger partial charge in [0.05, 0.1) is 23.8 Å². The Hall–Kier alpha value is -4.13. The number of piperazine rings is 1. The summed E-state index contributed by atoms with van der Waals surface area (Å²) in [6, 6.07) is 6.00. The molecule has 3 aromatic heterocycles. The second kappa shape index (κ2) is 11.2. The lowest BCUT2D eigenvalue weighted by atomic mass is 10.1. The Morgan fingerprint density at radius 1 is 1.00 bits per heavy atom. The maximum Gasteiger partial charge on any atom is 0.255 e. The highest BCUT2D eigenvalue weighted by atomic mass is 19.3. The van der Waals surface area contributed by atoms with E-state index >= 15 is 0 Å². The van der Waals surface area contributed by atoms with Crippen molar-refractivity contribution in [2.75, 3.05) is 38.0 Å². The summed E-state index contributed by atoms with van der Waals surface area (Å²) in [6.07, 6.45) is -0.0285. The van der Waals surface area contributed by atoms with Gasteiger partial charge in [-0.1, -0.05) is 0 Å². The van der Waals surface area contributed by atoms with E-state index in [-0.39, 0.29) is 41.2 Å². The predicted octanol–water partition coefficient (Wildman–Crippen LogP) is 4.82. The first-order valence-electron chi connectivity index (χ1n) is 12.8. The molecule has 4 heterocycles. The molecule has 9 nitrogen and oxygen atoms in total. The zero-order valence-electron chi connectivity index (χ0n) is 22.2. The number of anilines is 2. The van der Waals surface area contributed by atoms with Crippen LogP contribution in [0.2, 0.25) is 0 Å². The summed E-state index contributed by atoms with van der Waals surface area (Å²) in [7, 11) is 0. The van der Waals surface area contributed by atoms with Crippen molar-refractivity contribution in [3.05, 3.63) is 59.7 Å². The number of amides is 1. The minimum absolute atomic E-state index is 0.0168. The number of aromatic nitrogens is 5. The first-order chi connectivity index (χ1) is 19.1. The van der Waals surface area contributed by atoms with E-state index in [1.807, 2.05) is 18.4 Å². The lowest BCUT2D eigenvalue weighted by Crippen LogP contribution is -2.49. The van der Waals surface area contributed by atoms with E-state index in [1.54, 1.807) is 34.9 Å². The third-order valence-corrected chi connectivity index (χ3v) is 6.77. The number of imidazole rings is 1. The molecule has 1 saturated heterocycles. The molecule has 0 unspecified atom stereocenters. The van der Waals surface area contributed by atoms with Crippen molar-refractivity contribution in [1.29, 1.82) is 0 Å². The first kappa shape index (κ1) is 27.4. The zero-order chi connectivity index (χ0) is 28.6. The quantitative estimate of drug-likeness (QED) is 0.326. The fourth-order valence-corrected chi connectivity index (χ4v) is 4.91. The lowest BCUT2D eigenvalue weighted by Gasteiger charge is -2.34. The molecule has 1 aromatic carbocycles. The van der Waals surface area contributed by atoms with Crippen LogP contribution in [-0.4, -0.2) is 79.4 Å². The first-order valence-corrected chi connectivity index (χ1v) is 12.8. The van der Waals surface area contributed by atoms with Crippen LogP contribution in [0.3, 0.4) is 0 Å². The summed E-state index contributed by atoms with van der Waals surface area (Å²) >= 11 is 0. The standard InChI is InChI=1S/C27H28F4N8O/c1-15(2)39-16(3)34-25-19(28)10-18(11-21(25)39)24-20(29)13-33-27(36-24)35-23-5-4-17(12-32-23)26(40)38-8-6-37(7-9-38)14-22(30)31/h4-5,10-13,15,22H,6-9,14H2,1-3H3,(H,32,33,35,36). The minimum atomic E-state index is -2.41. The van der Waals surface area contributed by atoms with E-state index in [0.717, 1.165) is 6.20 Å². The normalized spacial score (nSPS) is 14.5. The molecule has 1 N–H and O–H groups in total. The Kier molecular flexibility index (Phi) is 7.66. The number of carbonyl (C=O) groups is 1. The number of hydrogen-bond donors (Lipinski definition) is 1. The van der Waals surface area contributed by atoms with E-state index in [9.17, 15) is 22.4 Å². The van der Waals surface area contributed by atoms with Crippen LogP contribution in [-0.2, 0) is 0 Å². The van der Waals surface area contributed by atoms with Crippen LogP contribution in [0.1, 0.15) is 36.1 Å². The van der Waals surface area contributed by atoms with Gasteiger partial charge in [0, 0.05) is 44.0 Å². The minimum Gasteiger partial charge on any atom is -0.336 e. The van der Waals surface area contributed by atoms with Crippen LogP contribution < -0.4 is 5.32 Å². The van der Waals surface area contributed by atoms with Gasteiger partial charge in [-0.2, -0.15) is 0 Å². The Morgan fingerprint density at radius 2 is 1.75 bits per heavy atom. The highest BCUT2D eigenvalue weighted by Gasteiger charge is 2.24. The summed E-state index contributed by atoms with van der Waals surface area (Å²) in [5, 5.41) is 2.88. The molecular formula is C27H28F4N8O. The second-order valence-electron chi connectivity index (χ2n) is 9.88. The van der Waals surface area contributed by atoms with Gasteiger partial charge in [0.15, 0.2) is 11.6 Å². The molecular weight excluding hydrogens is 528 g/mol. The summed E-state index contributed by atoms with van der Waals surface area (Å²) in [6.45, 7) is 6.85. The third-order valence-electron chi connectivity index (χ3n) is 6.77. The van der Waals surface area contributed by atoms with Gasteiger partial charge in [-0.05, 0) is 45.0 Å². The fourth-order valence-electron chi connectivity index (χ4n) is 4.91. The predicted molar refractivity (Wildman–Crippen MR) is 142 cm³/mol. The van der Waals surface area contributed by atoms with Crippen LogP contribution in [0.4, 0.5) is 29.3 Å². The Balaban J connectivity index is 1.32. The fraction of sp³-hybridized carbons (Fsp3) is 0.370. The number of halogens is 4. The largest absolute Gasteiger partial charge is 0.336 e. The number of hydrogen-bond acceptors (Lipinski definition) is 7. The molecule has 1 amide bonds. The van der Waals surface area contributed by atoms with Gasteiger partial charge in [0.25, 0.3) is 12.3 Å². The molecule has 0 atom stereocenters. The number of pyridine rings is 1. The highest BCUT2D eigenvalue weighted by Crippen LogP contribution is 2.30. The maximum absolute atomic E-state index is 14.9. The average molecular weight is 557 g/mol. The van der Waals surface area contributed by atoms with Crippen LogP contribution in [0.5, 0.6) is 0 Å². The second-order valence-corrected chi connectivity index (χ2v) is 9.88. The zero-order valence-corrected chi connectivity index (χ0v) is 22.2. The van der Waals surface area contributed by atoms with Gasteiger partial charge in [-0.25, -0.2) is 37.5 Å². The Labute approximate surface area is 227 Å². The van der Waals surface area contributed by atoms with E-state index in [4.69, 9.17) is 0 Å². The Bertz CT molecular complexity index is 1530. The monoisotopic (exact) mass is 556 g/mol. The number of aryl methyl sites for hydroxylation is 1. The molecule has 0 spiro atoms. The highest BCUT2D eigenvalue weighted by molar-refractivity contribution is 5.94. The van der Waals surface area contributed by atoms with Crippen molar-refractivity contribution in [1.82, 2.24) is 34.3 Å². The summed E-state index contributed by atoms with van der Waals surface area (Å²) in [4.78, 5) is 32.8. The Morgan fingerprint density at radius 3 is 2.40 bits per heavy atom. The summed E-state index contributed by atoms with van der Waals surface area (Å²) in [5.41, 5.74) is 1.22. The number of rotatable bonds is 7. The molecule has 40 heavy (non-hydrogen) atoms. The van der Waals surface area contributed by atoms with Crippen LogP contribution in [0, 0.1) is 18.6 Å². The molecule has 0 saturated carbocycles. The topological polar surface area (TPSA) is 92.1 Å². The van der Waals surface area contributed by atoms with E-state index in [2.05, 4.69) is 25.3 Å². The van der Waals surface area contributed by atoms with Gasteiger partial charge < -0.3 is 14.8 Å². The van der Waals surface area contributed by atoms with Crippen molar-refractivity contribution in [3.63, 3.8) is 0 Å². The molecule has 5 rings (SSSR count). The van der Waals surface area contributed by atoms with E-state index in [1.165, 1.54) is 12.3 Å². The van der Waals surface area contributed by atoms with Gasteiger partial charge >= 0.3 is 0 Å². The van der Waals surface area contributed by atoms with Gasteiger partial charge in [0.2, 0.25) is 5.95 Å². The number of carbonyl (C=O) groups excluding carboxylic acids is 1. The van der Waals surface area contributed by atoms with Crippen molar-refractivity contribution in [2.24, 2.45) is 0 Å². The summed E-state index contributed by atoms with van der Waals surface area (Å²) in [5.74, 6) is -0.560. The van der Waals surface area contributed by atoms with Crippen molar-refractivity contribution in [2.45, 2.75) is 33.2 Å². The average Bonchev–Trinajstić information content (AvgIpc) is 3.26. The molecule has 0 aliphatic carbocycles. The van der Waals surface area contributed by atoms with Crippen molar-refractivity contribution < 1.29 is 22.4 Å². The third kappa shape index (κ3) is 5.60.